The second kappa shape index (κ2) is 5.43. The second-order valence-corrected chi connectivity index (χ2v) is 4.13. The SMILES string of the molecule is O=C(CCC1CCC(=O)N1)Nc1ccncc1. The molecule has 0 aliphatic carbocycles. The molecule has 1 aromatic rings. The summed E-state index contributed by atoms with van der Waals surface area (Å²) in [5.74, 6) is 0.0573. The predicted molar refractivity (Wildman–Crippen MR) is 63.3 cm³/mol. The molecule has 5 nitrogen and oxygen atoms in total. The van der Waals surface area contributed by atoms with E-state index in [0.717, 1.165) is 12.1 Å². The fraction of sp³-hybridized carbons (Fsp3) is 0.417. The summed E-state index contributed by atoms with van der Waals surface area (Å²) in [5.41, 5.74) is 0.750. The normalized spacial score (nSPS) is 18.8. The molecule has 1 aliphatic rings. The Morgan fingerprint density at radius 1 is 1.47 bits per heavy atom. The zero-order valence-corrected chi connectivity index (χ0v) is 9.48. The molecule has 2 heterocycles. The summed E-state index contributed by atoms with van der Waals surface area (Å²) in [6, 6.07) is 3.65. The molecule has 0 bridgehead atoms. The number of carbonyl (C=O) groups is 2. The van der Waals surface area contributed by atoms with Crippen LogP contribution in [0.3, 0.4) is 0 Å². The Kier molecular flexibility index (Phi) is 3.69. The van der Waals surface area contributed by atoms with Gasteiger partial charge in [-0.2, -0.15) is 0 Å². The average molecular weight is 233 g/mol. The molecular weight excluding hydrogens is 218 g/mol. The number of nitrogens with zero attached hydrogens (tertiary/aromatic N) is 1. The number of anilines is 1. The Balaban J connectivity index is 1.73. The van der Waals surface area contributed by atoms with Crippen LogP contribution in [0, 0.1) is 0 Å². The van der Waals surface area contributed by atoms with E-state index in [1.165, 1.54) is 0 Å². The summed E-state index contributed by atoms with van der Waals surface area (Å²) in [4.78, 5) is 26.4. The van der Waals surface area contributed by atoms with Crippen LogP contribution < -0.4 is 10.6 Å². The minimum Gasteiger partial charge on any atom is -0.353 e. The maximum Gasteiger partial charge on any atom is 0.224 e. The Hall–Kier alpha value is -1.91. The highest BCUT2D eigenvalue weighted by Gasteiger charge is 2.20. The lowest BCUT2D eigenvalue weighted by atomic mass is 10.1. The van der Waals surface area contributed by atoms with Crippen molar-refractivity contribution >= 4 is 17.5 Å². The van der Waals surface area contributed by atoms with Crippen molar-refractivity contribution in [1.82, 2.24) is 10.3 Å². The molecule has 1 saturated heterocycles. The molecule has 5 heteroatoms. The van der Waals surface area contributed by atoms with Gasteiger partial charge in [-0.3, -0.25) is 14.6 Å². The van der Waals surface area contributed by atoms with Crippen molar-refractivity contribution in [3.8, 4) is 0 Å². The zero-order chi connectivity index (χ0) is 12.1. The van der Waals surface area contributed by atoms with Crippen LogP contribution in [0.1, 0.15) is 25.7 Å². The largest absolute Gasteiger partial charge is 0.353 e. The van der Waals surface area contributed by atoms with E-state index in [-0.39, 0.29) is 17.9 Å². The first-order valence-corrected chi connectivity index (χ1v) is 5.73. The van der Waals surface area contributed by atoms with Crippen LogP contribution in [0.25, 0.3) is 0 Å². The standard InChI is InChI=1S/C12H15N3O2/c16-11-3-1-9(14-11)2-4-12(17)15-10-5-7-13-8-6-10/h5-9H,1-4H2,(H,14,16)(H,13,15,17). The first-order valence-electron chi connectivity index (χ1n) is 5.73. The molecular formula is C12H15N3O2. The van der Waals surface area contributed by atoms with Gasteiger partial charge in [0.1, 0.15) is 0 Å². The predicted octanol–water partition coefficient (Wildman–Crippen LogP) is 1.08. The lowest BCUT2D eigenvalue weighted by molar-refractivity contribution is -0.120. The van der Waals surface area contributed by atoms with Gasteiger partial charge < -0.3 is 10.6 Å². The third-order valence-corrected chi connectivity index (χ3v) is 2.77. The van der Waals surface area contributed by atoms with Gasteiger partial charge in [-0.15, -0.1) is 0 Å². The van der Waals surface area contributed by atoms with Gasteiger partial charge in [-0.25, -0.2) is 0 Å². The van der Waals surface area contributed by atoms with Gasteiger partial charge in [0, 0.05) is 37.0 Å². The van der Waals surface area contributed by atoms with E-state index in [2.05, 4.69) is 15.6 Å². The third kappa shape index (κ3) is 3.55. The van der Waals surface area contributed by atoms with E-state index in [0.29, 0.717) is 19.3 Å². The number of hydrogen-bond acceptors (Lipinski definition) is 3. The zero-order valence-electron chi connectivity index (χ0n) is 9.48. The number of rotatable bonds is 4. The Morgan fingerprint density at radius 2 is 2.24 bits per heavy atom. The van der Waals surface area contributed by atoms with Crippen LogP contribution in [-0.4, -0.2) is 22.8 Å². The van der Waals surface area contributed by atoms with Gasteiger partial charge in [-0.1, -0.05) is 0 Å². The molecule has 17 heavy (non-hydrogen) atoms. The summed E-state index contributed by atoms with van der Waals surface area (Å²) in [6.07, 6.45) is 5.80. The third-order valence-electron chi connectivity index (χ3n) is 2.77. The molecule has 1 aromatic heterocycles. The summed E-state index contributed by atoms with van der Waals surface area (Å²) in [7, 11) is 0. The first-order chi connectivity index (χ1) is 8.24. The van der Waals surface area contributed by atoms with Crippen molar-refractivity contribution in [2.75, 3.05) is 5.32 Å². The lowest BCUT2D eigenvalue weighted by Crippen LogP contribution is -2.26. The topological polar surface area (TPSA) is 71.1 Å². The van der Waals surface area contributed by atoms with E-state index in [1.54, 1.807) is 24.5 Å². The van der Waals surface area contributed by atoms with E-state index in [4.69, 9.17) is 0 Å². The lowest BCUT2D eigenvalue weighted by Gasteiger charge is -2.09. The van der Waals surface area contributed by atoms with Crippen molar-refractivity contribution in [2.45, 2.75) is 31.7 Å². The van der Waals surface area contributed by atoms with Crippen LogP contribution in [0.4, 0.5) is 5.69 Å². The fourth-order valence-electron chi connectivity index (χ4n) is 1.86. The number of nitrogens with one attached hydrogen (secondary N) is 2. The molecule has 0 aromatic carbocycles. The summed E-state index contributed by atoms with van der Waals surface area (Å²) >= 11 is 0. The first kappa shape index (κ1) is 11.6. The minimum atomic E-state index is -0.0302. The Labute approximate surface area is 99.6 Å². The number of amides is 2. The maximum atomic E-state index is 11.6. The molecule has 1 atom stereocenters. The van der Waals surface area contributed by atoms with E-state index < -0.39 is 0 Å². The minimum absolute atomic E-state index is 0.0302. The van der Waals surface area contributed by atoms with E-state index in [9.17, 15) is 9.59 Å². The molecule has 1 unspecified atom stereocenters. The maximum absolute atomic E-state index is 11.6. The van der Waals surface area contributed by atoms with Crippen molar-refractivity contribution in [3.63, 3.8) is 0 Å². The van der Waals surface area contributed by atoms with Gasteiger partial charge in [0.25, 0.3) is 0 Å². The molecule has 1 fully saturated rings. The van der Waals surface area contributed by atoms with E-state index >= 15 is 0 Å². The summed E-state index contributed by atoms with van der Waals surface area (Å²) in [6.45, 7) is 0. The highest BCUT2D eigenvalue weighted by Crippen LogP contribution is 2.12. The highest BCUT2D eigenvalue weighted by atomic mass is 16.2. The highest BCUT2D eigenvalue weighted by molar-refractivity contribution is 5.90. The number of carbonyl (C=O) groups excluding carboxylic acids is 2. The van der Waals surface area contributed by atoms with Crippen LogP contribution >= 0.6 is 0 Å². The van der Waals surface area contributed by atoms with Gasteiger partial charge >= 0.3 is 0 Å². The smallest absolute Gasteiger partial charge is 0.224 e. The van der Waals surface area contributed by atoms with Gasteiger partial charge in [0.15, 0.2) is 0 Å². The van der Waals surface area contributed by atoms with Crippen LogP contribution in [0.2, 0.25) is 0 Å². The number of aromatic nitrogens is 1. The van der Waals surface area contributed by atoms with Gasteiger partial charge in [-0.05, 0) is 25.0 Å². The molecule has 0 radical (unpaired) electrons. The molecule has 2 rings (SSSR count). The van der Waals surface area contributed by atoms with Crippen molar-refractivity contribution < 1.29 is 9.59 Å². The molecule has 90 valence electrons. The summed E-state index contributed by atoms with van der Waals surface area (Å²) in [5, 5.41) is 5.63. The molecule has 1 aliphatic heterocycles. The molecule has 0 spiro atoms. The Morgan fingerprint density at radius 3 is 2.88 bits per heavy atom. The Bertz CT molecular complexity index is 405. The van der Waals surface area contributed by atoms with Crippen LogP contribution in [0.5, 0.6) is 0 Å². The molecule has 2 amide bonds. The van der Waals surface area contributed by atoms with Crippen LogP contribution in [-0.2, 0) is 9.59 Å². The molecule has 2 N–H and O–H groups in total. The van der Waals surface area contributed by atoms with Gasteiger partial charge in [0.2, 0.25) is 11.8 Å². The number of hydrogen-bond donors (Lipinski definition) is 2. The summed E-state index contributed by atoms with van der Waals surface area (Å²) < 4.78 is 0. The van der Waals surface area contributed by atoms with E-state index in [1.807, 2.05) is 0 Å². The van der Waals surface area contributed by atoms with Gasteiger partial charge in [0.05, 0.1) is 0 Å². The molecule has 0 saturated carbocycles. The average Bonchev–Trinajstić information content (AvgIpc) is 2.74. The van der Waals surface area contributed by atoms with Crippen molar-refractivity contribution in [2.24, 2.45) is 0 Å². The van der Waals surface area contributed by atoms with Crippen molar-refractivity contribution in [1.29, 1.82) is 0 Å². The fourth-order valence-corrected chi connectivity index (χ4v) is 1.86. The second-order valence-electron chi connectivity index (χ2n) is 4.13. The number of pyridine rings is 1. The quantitative estimate of drug-likeness (QED) is 0.817. The van der Waals surface area contributed by atoms with Crippen molar-refractivity contribution in [3.05, 3.63) is 24.5 Å². The van der Waals surface area contributed by atoms with Crippen LogP contribution in [0.15, 0.2) is 24.5 Å². The monoisotopic (exact) mass is 233 g/mol.